The Bertz CT molecular complexity index is 1370. The maximum atomic E-state index is 14.4. The number of carbonyl (C=O) groups is 2. The van der Waals surface area contributed by atoms with Crippen LogP contribution in [0.25, 0.3) is 5.65 Å². The van der Waals surface area contributed by atoms with Gasteiger partial charge in [-0.15, -0.1) is 0 Å². The molecular formula is C26H30F3N7O3. The number of carbonyl (C=O) groups excluding carboxylic acids is 2. The Labute approximate surface area is 222 Å². The van der Waals surface area contributed by atoms with Gasteiger partial charge in [0.2, 0.25) is 5.92 Å². The second-order valence-electron chi connectivity index (χ2n) is 11.2. The average Bonchev–Trinajstić information content (AvgIpc) is 3.84. The largest absolute Gasteiger partial charge is 0.346 e. The van der Waals surface area contributed by atoms with Crippen molar-refractivity contribution in [1.82, 2.24) is 35.5 Å². The summed E-state index contributed by atoms with van der Waals surface area (Å²) in [6.45, 7) is 1.59. The second-order valence-corrected chi connectivity index (χ2v) is 11.2. The summed E-state index contributed by atoms with van der Waals surface area (Å²) in [6, 6.07) is 0.759. The first-order valence-corrected chi connectivity index (χ1v) is 13.5. The predicted molar refractivity (Wildman–Crippen MR) is 130 cm³/mol. The Morgan fingerprint density at radius 2 is 1.72 bits per heavy atom. The number of imidazole rings is 1. The van der Waals surface area contributed by atoms with Gasteiger partial charge in [0.05, 0.1) is 30.2 Å². The van der Waals surface area contributed by atoms with Gasteiger partial charge in [-0.1, -0.05) is 5.16 Å². The van der Waals surface area contributed by atoms with Gasteiger partial charge in [-0.25, -0.2) is 27.3 Å². The predicted octanol–water partition coefficient (Wildman–Crippen LogP) is 4.03. The first-order chi connectivity index (χ1) is 18.7. The van der Waals surface area contributed by atoms with Crippen molar-refractivity contribution in [2.75, 3.05) is 0 Å². The lowest BCUT2D eigenvalue weighted by atomic mass is 9.81. The van der Waals surface area contributed by atoms with Gasteiger partial charge in [-0.2, -0.15) is 5.10 Å². The van der Waals surface area contributed by atoms with Gasteiger partial charge in [-0.05, 0) is 80.0 Å². The molecule has 3 aliphatic rings. The van der Waals surface area contributed by atoms with Crippen LogP contribution in [0.2, 0.25) is 0 Å². The van der Waals surface area contributed by atoms with Crippen molar-refractivity contribution in [3.05, 3.63) is 41.1 Å². The third-order valence-corrected chi connectivity index (χ3v) is 8.10. The quantitative estimate of drug-likeness (QED) is 0.416. The summed E-state index contributed by atoms with van der Waals surface area (Å²) in [7, 11) is 0. The zero-order valence-electron chi connectivity index (χ0n) is 21.4. The zero-order valence-corrected chi connectivity index (χ0v) is 21.4. The topological polar surface area (TPSA) is 127 Å². The van der Waals surface area contributed by atoms with E-state index in [-0.39, 0.29) is 55.2 Å². The summed E-state index contributed by atoms with van der Waals surface area (Å²) in [5, 5.41) is 17.6. The molecule has 3 aromatic heterocycles. The van der Waals surface area contributed by atoms with Crippen LogP contribution >= 0.6 is 0 Å². The van der Waals surface area contributed by atoms with E-state index < -0.39 is 30.0 Å². The maximum absolute atomic E-state index is 14.4. The normalized spacial score (nSPS) is 21.8. The van der Waals surface area contributed by atoms with E-state index in [1.54, 1.807) is 29.9 Å². The van der Waals surface area contributed by atoms with Gasteiger partial charge in [0.25, 0.3) is 11.8 Å². The third-order valence-electron chi connectivity index (χ3n) is 8.10. The van der Waals surface area contributed by atoms with E-state index in [1.165, 1.54) is 0 Å². The van der Waals surface area contributed by atoms with Gasteiger partial charge in [-0.3, -0.25) is 9.59 Å². The van der Waals surface area contributed by atoms with E-state index in [0.29, 0.717) is 17.0 Å². The highest BCUT2D eigenvalue weighted by molar-refractivity contribution is 5.93. The number of aryl methyl sites for hydroxylation is 1. The monoisotopic (exact) mass is 545 g/mol. The summed E-state index contributed by atoms with van der Waals surface area (Å²) >= 11 is 0. The number of rotatable bonds is 9. The summed E-state index contributed by atoms with van der Waals surface area (Å²) in [5.74, 6) is -4.12. The van der Waals surface area contributed by atoms with Crippen molar-refractivity contribution in [2.45, 2.75) is 82.5 Å². The summed E-state index contributed by atoms with van der Waals surface area (Å²) in [4.78, 5) is 30.2. The number of amides is 2. The first-order valence-electron chi connectivity index (χ1n) is 13.5. The van der Waals surface area contributed by atoms with Crippen LogP contribution in [0.3, 0.4) is 0 Å². The Balaban J connectivity index is 1.27. The molecule has 3 aromatic rings. The molecule has 0 spiro atoms. The number of fused-ring (bicyclic) bond motifs is 1. The van der Waals surface area contributed by atoms with Crippen LogP contribution in [-0.2, 0) is 4.79 Å². The van der Waals surface area contributed by atoms with Crippen LogP contribution in [0.1, 0.15) is 90.9 Å². The van der Waals surface area contributed by atoms with Gasteiger partial charge in [0, 0.05) is 12.8 Å². The SMILES string of the molecule is Cc1nonc1C(=O)N[C@H](c1cn2ncc([C@H](NC(=O)[C@H](F)C3CC3)C3CC3)cc2n1)C1CCC(F)(F)CC1. The van der Waals surface area contributed by atoms with Crippen LogP contribution in [-0.4, -0.2) is 48.8 Å². The number of nitrogens with zero attached hydrogens (tertiary/aromatic N) is 5. The zero-order chi connectivity index (χ0) is 27.3. The highest BCUT2D eigenvalue weighted by Crippen LogP contribution is 2.43. The molecule has 3 fully saturated rings. The van der Waals surface area contributed by atoms with Crippen molar-refractivity contribution in [1.29, 1.82) is 0 Å². The highest BCUT2D eigenvalue weighted by atomic mass is 19.3. The van der Waals surface area contributed by atoms with Gasteiger partial charge in [0.1, 0.15) is 5.69 Å². The number of halogens is 3. The average molecular weight is 546 g/mol. The third kappa shape index (κ3) is 5.48. The lowest BCUT2D eigenvalue weighted by Gasteiger charge is -2.33. The van der Waals surface area contributed by atoms with Crippen LogP contribution in [0, 0.1) is 24.7 Å². The van der Waals surface area contributed by atoms with Crippen molar-refractivity contribution >= 4 is 17.5 Å². The fourth-order valence-electron chi connectivity index (χ4n) is 5.44. The Hall–Kier alpha value is -3.51. The molecule has 10 nitrogen and oxygen atoms in total. The van der Waals surface area contributed by atoms with Gasteiger partial charge < -0.3 is 10.6 Å². The molecule has 3 saturated carbocycles. The van der Waals surface area contributed by atoms with Crippen LogP contribution in [0.4, 0.5) is 13.2 Å². The minimum Gasteiger partial charge on any atom is -0.346 e. The van der Waals surface area contributed by atoms with Crippen LogP contribution in [0.5, 0.6) is 0 Å². The number of alkyl halides is 3. The smallest absolute Gasteiger partial charge is 0.276 e. The van der Waals surface area contributed by atoms with Crippen molar-refractivity contribution in [3.63, 3.8) is 0 Å². The lowest BCUT2D eigenvalue weighted by Crippen LogP contribution is -2.37. The lowest BCUT2D eigenvalue weighted by molar-refractivity contribution is -0.127. The van der Waals surface area contributed by atoms with E-state index in [2.05, 4.69) is 30.7 Å². The molecule has 0 bridgehead atoms. The fourth-order valence-corrected chi connectivity index (χ4v) is 5.44. The highest BCUT2D eigenvalue weighted by Gasteiger charge is 2.41. The minimum atomic E-state index is -2.73. The van der Waals surface area contributed by atoms with E-state index >= 15 is 0 Å². The summed E-state index contributed by atoms with van der Waals surface area (Å²) in [5.41, 5.74) is 2.00. The molecule has 3 heterocycles. The minimum absolute atomic E-state index is 0.0192. The van der Waals surface area contributed by atoms with E-state index in [4.69, 9.17) is 4.98 Å². The first kappa shape index (κ1) is 25.8. The Kier molecular flexibility index (Phi) is 6.54. The van der Waals surface area contributed by atoms with Crippen molar-refractivity contribution < 1.29 is 27.4 Å². The molecular weight excluding hydrogens is 515 g/mol. The molecule has 0 radical (unpaired) electrons. The molecule has 0 aliphatic heterocycles. The standard InChI is InChI=1S/C26H30F3N7O3/c1-13-21(35-39-34-13)25(38)33-23(16-6-8-26(28,29)9-7-16)18-12-36-19(31-18)10-17(11-30-36)22(15-4-5-15)32-24(37)20(27)14-2-3-14/h10-12,14-16,20,22-23H,2-9H2,1H3,(H,32,37)(H,33,38)/t20-,22-,23+/m1/s1. The number of hydrogen-bond donors (Lipinski definition) is 2. The van der Waals surface area contributed by atoms with Crippen molar-refractivity contribution in [3.8, 4) is 0 Å². The second kappa shape index (κ2) is 9.91. The molecule has 2 amide bonds. The van der Waals surface area contributed by atoms with Gasteiger partial charge in [0.15, 0.2) is 17.5 Å². The van der Waals surface area contributed by atoms with Crippen molar-refractivity contribution in [2.24, 2.45) is 17.8 Å². The van der Waals surface area contributed by atoms with Crippen LogP contribution < -0.4 is 10.6 Å². The van der Waals surface area contributed by atoms with E-state index in [0.717, 1.165) is 31.2 Å². The Morgan fingerprint density at radius 1 is 1.03 bits per heavy atom. The number of aromatic nitrogens is 5. The summed E-state index contributed by atoms with van der Waals surface area (Å²) in [6.07, 6.45) is 4.98. The number of nitrogens with one attached hydrogen (secondary N) is 2. The fraction of sp³-hybridized carbons (Fsp3) is 0.615. The van der Waals surface area contributed by atoms with Gasteiger partial charge >= 0.3 is 0 Å². The Morgan fingerprint density at radius 3 is 2.36 bits per heavy atom. The van der Waals surface area contributed by atoms with E-state index in [9.17, 15) is 22.8 Å². The summed E-state index contributed by atoms with van der Waals surface area (Å²) < 4.78 is 48.5. The van der Waals surface area contributed by atoms with Crippen LogP contribution in [0.15, 0.2) is 23.1 Å². The molecule has 39 heavy (non-hydrogen) atoms. The molecule has 13 heteroatoms. The molecule has 0 unspecified atom stereocenters. The molecule has 0 saturated heterocycles. The van der Waals surface area contributed by atoms with E-state index in [1.807, 2.05) is 0 Å². The number of hydrogen-bond acceptors (Lipinski definition) is 7. The molecule has 6 rings (SSSR count). The molecule has 208 valence electrons. The maximum Gasteiger partial charge on any atom is 0.276 e. The molecule has 3 atom stereocenters. The molecule has 0 aromatic carbocycles. The molecule has 3 aliphatic carbocycles. The molecule has 2 N–H and O–H groups in total.